The zero-order chi connectivity index (χ0) is 17.3. The lowest BCUT2D eigenvalue weighted by molar-refractivity contribution is -0.137. The normalized spacial score (nSPS) is 11.5. The van der Waals surface area contributed by atoms with E-state index in [1.54, 1.807) is 24.3 Å². The molecule has 0 radical (unpaired) electrons. The van der Waals surface area contributed by atoms with Gasteiger partial charge in [0.1, 0.15) is 11.5 Å². The summed E-state index contributed by atoms with van der Waals surface area (Å²) in [6.07, 6.45) is -4.46. The van der Waals surface area contributed by atoms with Crippen LogP contribution in [-0.4, -0.2) is 11.1 Å². The average Bonchev–Trinajstić information content (AvgIpc) is 2.54. The van der Waals surface area contributed by atoms with E-state index in [1.807, 2.05) is 0 Å². The molecule has 0 heterocycles. The maximum atomic E-state index is 12.8. The van der Waals surface area contributed by atoms with Gasteiger partial charge in [0, 0.05) is 5.39 Å². The predicted molar refractivity (Wildman–Crippen MR) is 82.4 cm³/mol. The topological polar surface area (TPSA) is 46.5 Å². The number of hydrogen-bond donors (Lipinski definition) is 1. The van der Waals surface area contributed by atoms with Crippen molar-refractivity contribution in [2.75, 3.05) is 0 Å². The maximum absolute atomic E-state index is 12.8. The fraction of sp³-hybridized carbons (Fsp3) is 0.0556. The number of halogens is 3. The Labute approximate surface area is 134 Å². The molecule has 0 aliphatic rings. The first kappa shape index (κ1) is 15.9. The van der Waals surface area contributed by atoms with Crippen LogP contribution in [0.5, 0.6) is 11.5 Å². The van der Waals surface area contributed by atoms with Crippen molar-refractivity contribution in [1.29, 1.82) is 0 Å². The van der Waals surface area contributed by atoms with Gasteiger partial charge in [0.15, 0.2) is 0 Å². The molecule has 3 aromatic carbocycles. The molecule has 0 amide bonds. The van der Waals surface area contributed by atoms with Crippen molar-refractivity contribution in [1.82, 2.24) is 0 Å². The van der Waals surface area contributed by atoms with Gasteiger partial charge >= 0.3 is 12.1 Å². The molecule has 3 rings (SSSR count). The van der Waals surface area contributed by atoms with Crippen molar-refractivity contribution in [3.63, 3.8) is 0 Å². The number of carboxylic acids is 1. The van der Waals surface area contributed by atoms with Crippen molar-refractivity contribution in [3.8, 4) is 11.5 Å². The zero-order valence-electron chi connectivity index (χ0n) is 12.2. The minimum Gasteiger partial charge on any atom is -0.478 e. The fourth-order valence-corrected chi connectivity index (χ4v) is 2.41. The molecule has 0 atom stereocenters. The lowest BCUT2D eigenvalue weighted by Crippen LogP contribution is -2.04. The molecule has 24 heavy (non-hydrogen) atoms. The second-order valence-corrected chi connectivity index (χ2v) is 5.09. The Morgan fingerprint density at radius 2 is 1.62 bits per heavy atom. The maximum Gasteiger partial charge on any atom is 0.416 e. The number of fused-ring (bicyclic) bond motifs is 1. The van der Waals surface area contributed by atoms with Crippen LogP contribution in [0.15, 0.2) is 60.7 Å². The van der Waals surface area contributed by atoms with E-state index in [2.05, 4.69) is 0 Å². The summed E-state index contributed by atoms with van der Waals surface area (Å²) in [5.74, 6) is -0.773. The monoisotopic (exact) mass is 332 g/mol. The summed E-state index contributed by atoms with van der Waals surface area (Å²) in [5.41, 5.74) is -0.714. The van der Waals surface area contributed by atoms with E-state index < -0.39 is 17.7 Å². The second-order valence-electron chi connectivity index (χ2n) is 5.09. The molecule has 0 aliphatic heterocycles. The van der Waals surface area contributed by atoms with Crippen LogP contribution in [0.4, 0.5) is 13.2 Å². The van der Waals surface area contributed by atoms with Crippen molar-refractivity contribution >= 4 is 16.7 Å². The van der Waals surface area contributed by atoms with Crippen LogP contribution < -0.4 is 4.74 Å². The Balaban J connectivity index is 2.06. The van der Waals surface area contributed by atoms with Gasteiger partial charge in [0.2, 0.25) is 0 Å². The highest BCUT2D eigenvalue weighted by Crippen LogP contribution is 2.35. The molecule has 3 nitrogen and oxygen atoms in total. The van der Waals surface area contributed by atoms with Gasteiger partial charge < -0.3 is 9.84 Å². The summed E-state index contributed by atoms with van der Waals surface area (Å²) >= 11 is 0. The number of alkyl halides is 3. The largest absolute Gasteiger partial charge is 0.478 e. The Bertz CT molecular complexity index is 917. The molecule has 0 saturated carbocycles. The molecule has 6 heteroatoms. The Morgan fingerprint density at radius 3 is 2.29 bits per heavy atom. The van der Waals surface area contributed by atoms with Crippen LogP contribution in [0.25, 0.3) is 10.8 Å². The standard InChI is InChI=1S/C18H11F3O3/c19-18(20,21)11-4-3-5-12(10-11)24-16-9-8-15(17(22)23)13-6-1-2-7-14(13)16/h1-10H,(H,22,23). The molecule has 0 fully saturated rings. The quantitative estimate of drug-likeness (QED) is 0.703. The van der Waals surface area contributed by atoms with Gasteiger partial charge in [-0.2, -0.15) is 13.2 Å². The van der Waals surface area contributed by atoms with Gasteiger partial charge in [0.25, 0.3) is 0 Å². The zero-order valence-corrected chi connectivity index (χ0v) is 12.2. The molecule has 0 saturated heterocycles. The fourth-order valence-electron chi connectivity index (χ4n) is 2.41. The first-order valence-corrected chi connectivity index (χ1v) is 6.96. The second kappa shape index (κ2) is 5.88. The summed E-state index contributed by atoms with van der Waals surface area (Å²) in [6.45, 7) is 0. The van der Waals surface area contributed by atoms with Crippen LogP contribution in [-0.2, 0) is 6.18 Å². The van der Waals surface area contributed by atoms with E-state index in [0.717, 1.165) is 12.1 Å². The summed E-state index contributed by atoms with van der Waals surface area (Å²) < 4.78 is 43.9. The molecule has 0 aliphatic carbocycles. The van der Waals surface area contributed by atoms with Gasteiger partial charge in [0.05, 0.1) is 11.1 Å². The first-order valence-electron chi connectivity index (χ1n) is 6.96. The third-order valence-corrected chi connectivity index (χ3v) is 3.50. The SMILES string of the molecule is O=C(O)c1ccc(Oc2cccc(C(F)(F)F)c2)c2ccccc12. The van der Waals surface area contributed by atoms with Crippen LogP contribution in [0, 0.1) is 0 Å². The van der Waals surface area contributed by atoms with E-state index in [0.29, 0.717) is 10.8 Å². The Kier molecular flexibility index (Phi) is 3.89. The van der Waals surface area contributed by atoms with Gasteiger partial charge in [-0.25, -0.2) is 4.79 Å². The number of rotatable bonds is 3. The van der Waals surface area contributed by atoms with E-state index in [1.165, 1.54) is 24.3 Å². The van der Waals surface area contributed by atoms with E-state index in [-0.39, 0.29) is 17.1 Å². The van der Waals surface area contributed by atoms with Crippen molar-refractivity contribution < 1.29 is 27.8 Å². The smallest absolute Gasteiger partial charge is 0.416 e. The molecule has 0 bridgehead atoms. The third kappa shape index (κ3) is 3.03. The highest BCUT2D eigenvalue weighted by atomic mass is 19.4. The first-order chi connectivity index (χ1) is 11.4. The molecule has 0 spiro atoms. The van der Waals surface area contributed by atoms with Gasteiger partial charge in [-0.3, -0.25) is 0 Å². The van der Waals surface area contributed by atoms with Crippen LogP contribution in [0.2, 0.25) is 0 Å². The number of ether oxygens (including phenoxy) is 1. The molecule has 3 aromatic rings. The highest BCUT2D eigenvalue weighted by Gasteiger charge is 2.30. The van der Waals surface area contributed by atoms with Crippen molar-refractivity contribution in [2.45, 2.75) is 6.18 Å². The summed E-state index contributed by atoms with van der Waals surface area (Å²) in [6, 6.07) is 14.0. The third-order valence-electron chi connectivity index (χ3n) is 3.50. The van der Waals surface area contributed by atoms with Crippen molar-refractivity contribution in [3.05, 3.63) is 71.8 Å². The number of benzene rings is 3. The molecular formula is C18H11F3O3. The molecule has 122 valence electrons. The van der Waals surface area contributed by atoms with E-state index in [9.17, 15) is 23.1 Å². The van der Waals surface area contributed by atoms with Crippen molar-refractivity contribution in [2.24, 2.45) is 0 Å². The molecule has 1 N–H and O–H groups in total. The molecule has 0 unspecified atom stereocenters. The van der Waals surface area contributed by atoms with Gasteiger partial charge in [-0.1, -0.05) is 30.3 Å². The Morgan fingerprint density at radius 1 is 0.917 bits per heavy atom. The average molecular weight is 332 g/mol. The number of carbonyl (C=O) groups is 1. The number of carboxylic acid groups (broad SMARTS) is 1. The summed E-state index contributed by atoms with van der Waals surface area (Å²) in [4.78, 5) is 11.3. The van der Waals surface area contributed by atoms with E-state index >= 15 is 0 Å². The highest BCUT2D eigenvalue weighted by molar-refractivity contribution is 6.05. The summed E-state index contributed by atoms with van der Waals surface area (Å²) in [5, 5.41) is 10.2. The molecule has 0 aromatic heterocycles. The predicted octanol–water partition coefficient (Wildman–Crippen LogP) is 5.35. The van der Waals surface area contributed by atoms with Gasteiger partial charge in [-0.15, -0.1) is 0 Å². The van der Waals surface area contributed by atoms with Crippen LogP contribution in [0.3, 0.4) is 0 Å². The Hall–Kier alpha value is -3.02. The molecular weight excluding hydrogens is 321 g/mol. The lowest BCUT2D eigenvalue weighted by atomic mass is 10.0. The summed E-state index contributed by atoms with van der Waals surface area (Å²) in [7, 11) is 0. The van der Waals surface area contributed by atoms with Crippen LogP contribution in [0.1, 0.15) is 15.9 Å². The lowest BCUT2D eigenvalue weighted by Gasteiger charge is -2.12. The van der Waals surface area contributed by atoms with Crippen LogP contribution >= 0.6 is 0 Å². The minimum atomic E-state index is -4.46. The minimum absolute atomic E-state index is 0.0260. The number of hydrogen-bond acceptors (Lipinski definition) is 2. The van der Waals surface area contributed by atoms with E-state index in [4.69, 9.17) is 4.74 Å². The number of aromatic carboxylic acids is 1. The van der Waals surface area contributed by atoms with Gasteiger partial charge in [-0.05, 0) is 35.7 Å².